The van der Waals surface area contributed by atoms with E-state index in [1.54, 1.807) is 0 Å². The van der Waals surface area contributed by atoms with Crippen LogP contribution in [0.15, 0.2) is 18.2 Å². The molecule has 0 unspecified atom stereocenters. The van der Waals surface area contributed by atoms with Crippen molar-refractivity contribution >= 4 is 22.5 Å². The molecule has 0 saturated carbocycles. The average Bonchev–Trinajstić information content (AvgIpc) is 1.94. The molecule has 1 aromatic rings. The molecule has 0 fully saturated rings. The fraction of sp³-hybridized carbons (Fsp3) is 0. The van der Waals surface area contributed by atoms with Gasteiger partial charge in [-0.05, 0) is 23.7 Å². The van der Waals surface area contributed by atoms with Crippen molar-refractivity contribution < 1.29 is 9.18 Å². The molecule has 1 aromatic carbocycles. The maximum atomic E-state index is 12.8. The normalized spacial score (nSPS) is 9.64. The fourth-order valence-corrected chi connectivity index (χ4v) is 0.848. The third-order valence-electron chi connectivity index (χ3n) is 1.24. The molecule has 11 heavy (non-hydrogen) atoms. The van der Waals surface area contributed by atoms with E-state index in [4.69, 9.17) is 17.3 Å². The SMILES string of the molecule is Nc1cccc(C(=O)Cl)c1F. The first-order chi connectivity index (χ1) is 5.13. The zero-order valence-electron chi connectivity index (χ0n) is 5.47. The number of carbonyl (C=O) groups is 1. The smallest absolute Gasteiger partial charge is 0.255 e. The highest BCUT2D eigenvalue weighted by atomic mass is 35.5. The summed E-state index contributed by atoms with van der Waals surface area (Å²) in [5.41, 5.74) is 4.91. The second-order valence-electron chi connectivity index (χ2n) is 1.98. The molecule has 0 heterocycles. The predicted molar refractivity (Wildman–Crippen MR) is 41.0 cm³/mol. The number of nitrogens with two attached hydrogens (primary N) is 1. The van der Waals surface area contributed by atoms with Gasteiger partial charge in [0.1, 0.15) is 0 Å². The van der Waals surface area contributed by atoms with Crippen molar-refractivity contribution in [3.8, 4) is 0 Å². The van der Waals surface area contributed by atoms with Crippen LogP contribution in [0.3, 0.4) is 0 Å². The van der Waals surface area contributed by atoms with Crippen LogP contribution in [0.25, 0.3) is 0 Å². The first-order valence-corrected chi connectivity index (χ1v) is 3.24. The Morgan fingerprint density at radius 1 is 1.55 bits per heavy atom. The number of anilines is 1. The number of carbonyl (C=O) groups excluding carboxylic acids is 1. The van der Waals surface area contributed by atoms with E-state index in [-0.39, 0.29) is 11.3 Å². The van der Waals surface area contributed by atoms with Crippen molar-refractivity contribution in [1.29, 1.82) is 0 Å². The van der Waals surface area contributed by atoms with Gasteiger partial charge in [0.2, 0.25) is 0 Å². The van der Waals surface area contributed by atoms with Crippen LogP contribution in [-0.2, 0) is 0 Å². The zero-order valence-corrected chi connectivity index (χ0v) is 6.23. The maximum absolute atomic E-state index is 12.8. The van der Waals surface area contributed by atoms with Gasteiger partial charge in [-0.3, -0.25) is 4.79 Å². The summed E-state index contributed by atoms with van der Waals surface area (Å²) in [6.07, 6.45) is 0. The maximum Gasteiger partial charge on any atom is 0.255 e. The Bertz CT molecular complexity index is 300. The zero-order chi connectivity index (χ0) is 8.43. The third kappa shape index (κ3) is 1.49. The average molecular weight is 174 g/mol. The van der Waals surface area contributed by atoms with E-state index in [1.807, 2.05) is 0 Å². The van der Waals surface area contributed by atoms with Crippen LogP contribution in [0.1, 0.15) is 10.4 Å². The summed E-state index contributed by atoms with van der Waals surface area (Å²) in [6, 6.07) is 4.10. The molecule has 0 aliphatic heterocycles. The van der Waals surface area contributed by atoms with E-state index >= 15 is 0 Å². The minimum absolute atomic E-state index is 0.0727. The molecule has 1 rings (SSSR count). The van der Waals surface area contributed by atoms with Crippen molar-refractivity contribution in [2.24, 2.45) is 0 Å². The van der Waals surface area contributed by atoms with E-state index < -0.39 is 11.1 Å². The minimum Gasteiger partial charge on any atom is -0.396 e. The fourth-order valence-electron chi connectivity index (χ4n) is 0.702. The second kappa shape index (κ2) is 2.88. The van der Waals surface area contributed by atoms with Gasteiger partial charge in [0.25, 0.3) is 5.24 Å². The molecule has 58 valence electrons. The minimum atomic E-state index is -0.838. The molecule has 0 bridgehead atoms. The molecule has 0 aliphatic rings. The molecule has 0 radical (unpaired) electrons. The Labute approximate surface area is 67.8 Å². The van der Waals surface area contributed by atoms with E-state index in [1.165, 1.54) is 18.2 Å². The Morgan fingerprint density at radius 2 is 2.18 bits per heavy atom. The van der Waals surface area contributed by atoms with Gasteiger partial charge in [0.15, 0.2) is 5.82 Å². The highest BCUT2D eigenvalue weighted by molar-refractivity contribution is 6.67. The molecule has 0 amide bonds. The quantitative estimate of drug-likeness (QED) is 0.520. The topological polar surface area (TPSA) is 43.1 Å². The highest BCUT2D eigenvalue weighted by Gasteiger charge is 2.09. The standard InChI is InChI=1S/C7H5ClFNO/c8-7(11)4-2-1-3-5(10)6(4)9/h1-3H,10H2. The number of nitrogen functional groups attached to an aromatic ring is 1. The van der Waals surface area contributed by atoms with Gasteiger partial charge in [-0.15, -0.1) is 0 Å². The molecule has 2 nitrogen and oxygen atoms in total. The molecule has 0 aliphatic carbocycles. The van der Waals surface area contributed by atoms with E-state index in [2.05, 4.69) is 0 Å². The molecular weight excluding hydrogens is 169 g/mol. The largest absolute Gasteiger partial charge is 0.396 e. The summed E-state index contributed by atoms with van der Waals surface area (Å²) >= 11 is 5.05. The van der Waals surface area contributed by atoms with Crippen LogP contribution < -0.4 is 5.73 Å². The van der Waals surface area contributed by atoms with Crippen molar-refractivity contribution in [3.05, 3.63) is 29.6 Å². The van der Waals surface area contributed by atoms with E-state index in [9.17, 15) is 9.18 Å². The molecule has 2 N–H and O–H groups in total. The van der Waals surface area contributed by atoms with Gasteiger partial charge in [-0.2, -0.15) is 0 Å². The molecule has 4 heteroatoms. The van der Waals surface area contributed by atoms with Crippen LogP contribution in [0.5, 0.6) is 0 Å². The number of hydrogen-bond donors (Lipinski definition) is 1. The van der Waals surface area contributed by atoms with Gasteiger partial charge in [-0.1, -0.05) is 6.07 Å². The second-order valence-corrected chi connectivity index (χ2v) is 2.33. The first kappa shape index (κ1) is 8.01. The number of benzene rings is 1. The van der Waals surface area contributed by atoms with Crippen LogP contribution in [0.2, 0.25) is 0 Å². The lowest BCUT2D eigenvalue weighted by Crippen LogP contribution is -1.98. The monoisotopic (exact) mass is 173 g/mol. The van der Waals surface area contributed by atoms with Gasteiger partial charge < -0.3 is 5.73 Å². The van der Waals surface area contributed by atoms with E-state index in [0.717, 1.165) is 0 Å². The molecular formula is C7H5ClFNO. The highest BCUT2D eigenvalue weighted by Crippen LogP contribution is 2.15. The third-order valence-corrected chi connectivity index (χ3v) is 1.44. The summed E-state index contributed by atoms with van der Waals surface area (Å²) in [7, 11) is 0. The van der Waals surface area contributed by atoms with Gasteiger partial charge in [0.05, 0.1) is 11.3 Å². The molecule has 0 aromatic heterocycles. The summed E-state index contributed by atoms with van der Waals surface area (Å²) in [5, 5.41) is -0.838. The summed E-state index contributed by atoms with van der Waals surface area (Å²) < 4.78 is 12.8. The van der Waals surface area contributed by atoms with Crippen molar-refractivity contribution in [3.63, 3.8) is 0 Å². The van der Waals surface area contributed by atoms with Gasteiger partial charge in [-0.25, -0.2) is 4.39 Å². The predicted octanol–water partition coefficient (Wildman–Crippen LogP) is 1.79. The Morgan fingerprint density at radius 3 is 2.64 bits per heavy atom. The molecule has 0 spiro atoms. The molecule has 0 atom stereocenters. The Balaban J connectivity index is 3.27. The van der Waals surface area contributed by atoms with Gasteiger partial charge in [0, 0.05) is 0 Å². The van der Waals surface area contributed by atoms with Crippen LogP contribution >= 0.6 is 11.6 Å². The summed E-state index contributed by atoms with van der Waals surface area (Å²) in [6.45, 7) is 0. The lowest BCUT2D eigenvalue weighted by Gasteiger charge is -1.98. The number of halogens is 2. The Hall–Kier alpha value is -1.09. The Kier molecular flexibility index (Phi) is 2.10. The lowest BCUT2D eigenvalue weighted by molar-refractivity contribution is 0.107. The summed E-state index contributed by atoms with van der Waals surface area (Å²) in [5.74, 6) is -0.757. The first-order valence-electron chi connectivity index (χ1n) is 2.86. The van der Waals surface area contributed by atoms with Crippen LogP contribution in [-0.4, -0.2) is 5.24 Å². The van der Waals surface area contributed by atoms with Crippen LogP contribution in [0, 0.1) is 5.82 Å². The van der Waals surface area contributed by atoms with Gasteiger partial charge >= 0.3 is 0 Å². The molecule has 0 saturated heterocycles. The van der Waals surface area contributed by atoms with Crippen molar-refractivity contribution in [2.75, 3.05) is 5.73 Å². The van der Waals surface area contributed by atoms with Crippen molar-refractivity contribution in [2.45, 2.75) is 0 Å². The summed E-state index contributed by atoms with van der Waals surface area (Å²) in [4.78, 5) is 10.5. The van der Waals surface area contributed by atoms with Crippen LogP contribution in [0.4, 0.5) is 10.1 Å². The number of rotatable bonds is 1. The van der Waals surface area contributed by atoms with Crippen molar-refractivity contribution in [1.82, 2.24) is 0 Å². The van der Waals surface area contributed by atoms with E-state index in [0.29, 0.717) is 0 Å². The lowest BCUT2D eigenvalue weighted by atomic mass is 10.2. The number of hydrogen-bond acceptors (Lipinski definition) is 2.